The lowest BCUT2D eigenvalue weighted by Gasteiger charge is -2.09. The second-order valence-electron chi connectivity index (χ2n) is 8.02. The third-order valence-corrected chi connectivity index (χ3v) is 6.01. The van der Waals surface area contributed by atoms with Crippen LogP contribution in [0, 0.1) is 0 Å². The Morgan fingerprint density at radius 2 is 1.88 bits per heavy atom. The van der Waals surface area contributed by atoms with Crippen LogP contribution in [-0.4, -0.2) is 39.0 Å². The summed E-state index contributed by atoms with van der Waals surface area (Å²) >= 11 is 1.27. The third kappa shape index (κ3) is 7.08. The molecule has 0 unspecified atom stereocenters. The zero-order chi connectivity index (χ0) is 24.5. The molecule has 0 spiro atoms. The van der Waals surface area contributed by atoms with Gasteiger partial charge >= 0.3 is 5.97 Å². The highest BCUT2D eigenvalue weighted by atomic mass is 32.2. The first kappa shape index (κ1) is 25.3. The van der Waals surface area contributed by atoms with Crippen LogP contribution in [0.25, 0.3) is 0 Å². The standard InChI is InChI=1S/C25H30N4O4S/c1-5-13-32-24(31)19-7-6-8-20(14-19)26-23(30)16-34-25-28-27-22(29(25)4)15-33-21-11-9-18(10-12-21)17(2)3/h6-12,14,17H,5,13,15-16H2,1-4H3,(H,26,30). The van der Waals surface area contributed by atoms with E-state index in [2.05, 4.69) is 41.5 Å². The third-order valence-electron chi connectivity index (χ3n) is 4.99. The van der Waals surface area contributed by atoms with Gasteiger partial charge in [-0.2, -0.15) is 0 Å². The smallest absolute Gasteiger partial charge is 0.338 e. The number of nitrogens with zero attached hydrogens (tertiary/aromatic N) is 3. The lowest BCUT2D eigenvalue weighted by Crippen LogP contribution is -2.15. The molecule has 1 heterocycles. The van der Waals surface area contributed by atoms with Gasteiger partial charge in [-0.15, -0.1) is 10.2 Å². The SMILES string of the molecule is CCCOC(=O)c1cccc(NC(=O)CSc2nnc(COc3ccc(C(C)C)cc3)n2C)c1. The predicted molar refractivity (Wildman–Crippen MR) is 132 cm³/mol. The van der Waals surface area contributed by atoms with E-state index in [0.29, 0.717) is 34.8 Å². The van der Waals surface area contributed by atoms with Crippen molar-refractivity contribution in [2.45, 2.75) is 44.9 Å². The van der Waals surface area contributed by atoms with Crippen LogP contribution in [0.15, 0.2) is 53.7 Å². The van der Waals surface area contributed by atoms with Crippen molar-refractivity contribution in [2.24, 2.45) is 7.05 Å². The fourth-order valence-corrected chi connectivity index (χ4v) is 3.75. The number of rotatable bonds is 11. The van der Waals surface area contributed by atoms with Gasteiger partial charge in [-0.25, -0.2) is 4.79 Å². The van der Waals surface area contributed by atoms with Crippen molar-refractivity contribution in [2.75, 3.05) is 17.7 Å². The molecule has 0 fully saturated rings. The van der Waals surface area contributed by atoms with Gasteiger partial charge in [-0.3, -0.25) is 4.79 Å². The molecule has 180 valence electrons. The van der Waals surface area contributed by atoms with Crippen LogP contribution in [0.4, 0.5) is 5.69 Å². The zero-order valence-electron chi connectivity index (χ0n) is 19.9. The first-order valence-electron chi connectivity index (χ1n) is 11.2. The van der Waals surface area contributed by atoms with Crippen molar-refractivity contribution in [1.29, 1.82) is 0 Å². The molecule has 1 aromatic heterocycles. The van der Waals surface area contributed by atoms with Crippen molar-refractivity contribution in [3.8, 4) is 5.75 Å². The average Bonchev–Trinajstić information content (AvgIpc) is 3.19. The van der Waals surface area contributed by atoms with Crippen LogP contribution in [0.5, 0.6) is 5.75 Å². The molecule has 2 aromatic carbocycles. The second-order valence-corrected chi connectivity index (χ2v) is 8.97. The molecule has 0 atom stereocenters. The number of anilines is 1. The maximum absolute atomic E-state index is 12.4. The van der Waals surface area contributed by atoms with Crippen LogP contribution in [0.3, 0.4) is 0 Å². The molecule has 9 heteroatoms. The zero-order valence-corrected chi connectivity index (χ0v) is 20.7. The van der Waals surface area contributed by atoms with E-state index in [1.54, 1.807) is 24.3 Å². The van der Waals surface area contributed by atoms with E-state index in [9.17, 15) is 9.59 Å². The molecule has 0 radical (unpaired) electrons. The van der Waals surface area contributed by atoms with E-state index < -0.39 is 5.97 Å². The molecule has 0 bridgehead atoms. The summed E-state index contributed by atoms with van der Waals surface area (Å²) in [6.45, 7) is 6.87. The van der Waals surface area contributed by atoms with Crippen molar-refractivity contribution >= 4 is 29.3 Å². The first-order valence-corrected chi connectivity index (χ1v) is 12.2. The van der Waals surface area contributed by atoms with Crippen molar-refractivity contribution in [3.63, 3.8) is 0 Å². The summed E-state index contributed by atoms with van der Waals surface area (Å²) in [5.41, 5.74) is 2.19. The van der Waals surface area contributed by atoms with E-state index in [1.807, 2.05) is 30.7 Å². The van der Waals surface area contributed by atoms with Gasteiger partial charge in [0, 0.05) is 12.7 Å². The minimum Gasteiger partial charge on any atom is -0.486 e. The minimum absolute atomic E-state index is 0.147. The Bertz CT molecular complexity index is 1110. The van der Waals surface area contributed by atoms with Gasteiger partial charge in [0.15, 0.2) is 11.0 Å². The summed E-state index contributed by atoms with van der Waals surface area (Å²) in [5, 5.41) is 11.8. The van der Waals surface area contributed by atoms with E-state index >= 15 is 0 Å². The van der Waals surface area contributed by atoms with Gasteiger partial charge in [-0.05, 0) is 48.2 Å². The number of esters is 1. The van der Waals surface area contributed by atoms with E-state index in [-0.39, 0.29) is 18.3 Å². The van der Waals surface area contributed by atoms with Gasteiger partial charge in [0.25, 0.3) is 0 Å². The largest absolute Gasteiger partial charge is 0.486 e. The Morgan fingerprint density at radius 1 is 1.12 bits per heavy atom. The summed E-state index contributed by atoms with van der Waals surface area (Å²) < 4.78 is 12.8. The Balaban J connectivity index is 1.50. The molecular formula is C25H30N4O4S. The fraction of sp³-hybridized carbons (Fsp3) is 0.360. The molecule has 0 aliphatic heterocycles. The normalized spacial score (nSPS) is 10.9. The minimum atomic E-state index is -0.406. The highest BCUT2D eigenvalue weighted by Crippen LogP contribution is 2.21. The van der Waals surface area contributed by atoms with Crippen LogP contribution in [0.1, 0.15) is 54.9 Å². The lowest BCUT2D eigenvalue weighted by atomic mass is 10.0. The molecule has 1 amide bonds. The number of amides is 1. The number of nitrogens with one attached hydrogen (secondary N) is 1. The summed E-state index contributed by atoms with van der Waals surface area (Å²) in [4.78, 5) is 24.4. The van der Waals surface area contributed by atoms with Gasteiger partial charge in [0.05, 0.1) is 17.9 Å². The molecular weight excluding hydrogens is 452 g/mol. The molecule has 0 saturated carbocycles. The Hall–Kier alpha value is -3.33. The van der Waals surface area contributed by atoms with Crippen LogP contribution in [0.2, 0.25) is 0 Å². The van der Waals surface area contributed by atoms with Gasteiger partial charge < -0.3 is 19.4 Å². The Kier molecular flexibility index (Phi) is 9.09. The number of carbonyl (C=O) groups is 2. The number of carbonyl (C=O) groups excluding carboxylic acids is 2. The monoisotopic (exact) mass is 482 g/mol. The van der Waals surface area contributed by atoms with Gasteiger partial charge in [0.1, 0.15) is 12.4 Å². The lowest BCUT2D eigenvalue weighted by molar-refractivity contribution is -0.113. The van der Waals surface area contributed by atoms with Gasteiger partial charge in [0.2, 0.25) is 5.91 Å². The molecule has 1 N–H and O–H groups in total. The van der Waals surface area contributed by atoms with E-state index in [0.717, 1.165) is 12.2 Å². The summed E-state index contributed by atoms with van der Waals surface area (Å²) in [6.07, 6.45) is 0.751. The summed E-state index contributed by atoms with van der Waals surface area (Å²) in [6, 6.07) is 14.7. The topological polar surface area (TPSA) is 95.3 Å². The van der Waals surface area contributed by atoms with Crippen LogP contribution in [-0.2, 0) is 23.2 Å². The molecule has 3 aromatic rings. The maximum atomic E-state index is 12.4. The number of thioether (sulfide) groups is 1. The highest BCUT2D eigenvalue weighted by molar-refractivity contribution is 7.99. The number of benzene rings is 2. The second kappa shape index (κ2) is 12.2. The number of aromatic nitrogens is 3. The molecule has 0 aliphatic carbocycles. The van der Waals surface area contributed by atoms with Crippen LogP contribution >= 0.6 is 11.8 Å². The van der Waals surface area contributed by atoms with E-state index in [1.165, 1.54) is 17.3 Å². The number of ether oxygens (including phenoxy) is 2. The first-order chi connectivity index (χ1) is 16.4. The quantitative estimate of drug-likeness (QED) is 0.309. The fourth-order valence-electron chi connectivity index (χ4n) is 3.02. The van der Waals surface area contributed by atoms with Crippen molar-refractivity contribution in [1.82, 2.24) is 14.8 Å². The number of hydrogen-bond donors (Lipinski definition) is 1. The molecule has 0 aliphatic rings. The highest BCUT2D eigenvalue weighted by Gasteiger charge is 2.13. The van der Waals surface area contributed by atoms with Crippen LogP contribution < -0.4 is 10.1 Å². The van der Waals surface area contributed by atoms with Crippen molar-refractivity contribution < 1.29 is 19.1 Å². The molecule has 0 saturated heterocycles. The molecule has 3 rings (SSSR count). The van der Waals surface area contributed by atoms with Gasteiger partial charge in [-0.1, -0.05) is 50.7 Å². The Labute approximate surface area is 204 Å². The van der Waals surface area contributed by atoms with E-state index in [4.69, 9.17) is 9.47 Å². The molecule has 34 heavy (non-hydrogen) atoms. The number of hydrogen-bond acceptors (Lipinski definition) is 7. The predicted octanol–water partition coefficient (Wildman–Crippen LogP) is 4.82. The maximum Gasteiger partial charge on any atom is 0.338 e. The Morgan fingerprint density at radius 3 is 2.59 bits per heavy atom. The van der Waals surface area contributed by atoms with Crippen molar-refractivity contribution in [3.05, 3.63) is 65.5 Å². The molecule has 8 nitrogen and oxygen atoms in total. The summed E-state index contributed by atoms with van der Waals surface area (Å²) in [7, 11) is 1.84. The average molecular weight is 483 g/mol. The summed E-state index contributed by atoms with van der Waals surface area (Å²) in [5.74, 6) is 1.42.